The number of rotatable bonds is 6. The molecule has 7 nitrogen and oxygen atoms in total. The molecule has 0 fully saturated rings. The molecule has 0 saturated heterocycles. The van der Waals surface area contributed by atoms with E-state index < -0.39 is 12.0 Å². The van der Waals surface area contributed by atoms with Crippen LogP contribution in [0, 0.1) is 0 Å². The third-order valence-electron chi connectivity index (χ3n) is 7.22. The van der Waals surface area contributed by atoms with Crippen molar-refractivity contribution in [2.75, 3.05) is 14.2 Å². The molecule has 6 rings (SSSR count). The highest BCUT2D eigenvalue weighted by Crippen LogP contribution is 2.37. The highest BCUT2D eigenvalue weighted by atomic mass is 35.5. The summed E-state index contributed by atoms with van der Waals surface area (Å²) in [6, 6.07) is 22.7. The minimum Gasteiger partial charge on any atom is -0.496 e. The summed E-state index contributed by atoms with van der Waals surface area (Å²) in [7, 11) is 2.85. The van der Waals surface area contributed by atoms with Gasteiger partial charge >= 0.3 is 5.97 Å². The number of methoxy groups -OCH3 is 2. The lowest BCUT2D eigenvalue weighted by atomic mass is 9.95. The zero-order valence-electron chi connectivity index (χ0n) is 22.6. The van der Waals surface area contributed by atoms with E-state index in [-0.39, 0.29) is 11.1 Å². The van der Waals surface area contributed by atoms with Crippen molar-refractivity contribution in [1.82, 2.24) is 9.13 Å². The Morgan fingerprint density at radius 3 is 2.59 bits per heavy atom. The highest BCUT2D eigenvalue weighted by molar-refractivity contribution is 7.07. The summed E-state index contributed by atoms with van der Waals surface area (Å²) >= 11 is 7.66. The van der Waals surface area contributed by atoms with Gasteiger partial charge in [0, 0.05) is 39.8 Å². The van der Waals surface area contributed by atoms with Gasteiger partial charge in [-0.1, -0.05) is 71.5 Å². The van der Waals surface area contributed by atoms with Crippen LogP contribution in [0.15, 0.2) is 100 Å². The minimum absolute atomic E-state index is 0.256. The topological polar surface area (TPSA) is 74.8 Å². The first kappa shape index (κ1) is 26.8. The molecule has 3 aromatic carbocycles. The molecule has 5 aromatic rings. The van der Waals surface area contributed by atoms with Crippen molar-refractivity contribution in [3.05, 3.63) is 132 Å². The number of carbonyl (C=O) groups excluding carboxylic acids is 1. The molecule has 0 saturated carbocycles. The third kappa shape index (κ3) is 4.79. The highest BCUT2D eigenvalue weighted by Gasteiger charge is 2.35. The molecule has 0 aliphatic carbocycles. The van der Waals surface area contributed by atoms with Gasteiger partial charge in [0.05, 0.1) is 30.0 Å². The number of carbonyl (C=O) groups is 1. The first-order valence-corrected chi connectivity index (χ1v) is 14.1. The van der Waals surface area contributed by atoms with Gasteiger partial charge in [-0.2, -0.15) is 0 Å². The lowest BCUT2D eigenvalue weighted by Gasteiger charge is -2.25. The zero-order chi connectivity index (χ0) is 28.7. The van der Waals surface area contributed by atoms with Gasteiger partial charge in [-0.3, -0.25) is 9.36 Å². The van der Waals surface area contributed by atoms with E-state index in [9.17, 15) is 9.59 Å². The van der Waals surface area contributed by atoms with Crippen LogP contribution >= 0.6 is 22.9 Å². The van der Waals surface area contributed by atoms with Gasteiger partial charge in [0.2, 0.25) is 0 Å². The van der Waals surface area contributed by atoms with Crippen LogP contribution in [0.2, 0.25) is 5.02 Å². The number of hydrogen-bond donors (Lipinski definition) is 0. The monoisotopic (exact) mass is 583 g/mol. The van der Waals surface area contributed by atoms with Gasteiger partial charge in [-0.15, -0.1) is 0 Å². The second kappa shape index (κ2) is 10.9. The van der Waals surface area contributed by atoms with Crippen molar-refractivity contribution in [2.24, 2.45) is 4.99 Å². The van der Waals surface area contributed by atoms with Gasteiger partial charge < -0.3 is 14.0 Å². The van der Waals surface area contributed by atoms with Crippen LogP contribution in [0.25, 0.3) is 17.0 Å². The van der Waals surface area contributed by atoms with Crippen LogP contribution in [0.4, 0.5) is 0 Å². The van der Waals surface area contributed by atoms with Crippen molar-refractivity contribution in [3.8, 4) is 5.75 Å². The number of thiazole rings is 1. The van der Waals surface area contributed by atoms with E-state index in [2.05, 4.69) is 40.0 Å². The maximum absolute atomic E-state index is 14.1. The Kier molecular flexibility index (Phi) is 7.11. The summed E-state index contributed by atoms with van der Waals surface area (Å²) < 4.78 is 15.0. The molecule has 0 unspecified atom stereocenters. The second-order valence-corrected chi connectivity index (χ2v) is 11.1. The summed E-state index contributed by atoms with van der Waals surface area (Å²) in [5.74, 6) is -0.0781. The molecule has 2 aromatic heterocycles. The molecule has 9 heteroatoms. The molecule has 0 N–H and O–H groups in total. The van der Waals surface area contributed by atoms with Crippen LogP contribution in [0.1, 0.15) is 29.7 Å². The molecule has 0 spiro atoms. The number of esters is 1. The fourth-order valence-corrected chi connectivity index (χ4v) is 6.57. The molecule has 206 valence electrons. The maximum Gasteiger partial charge on any atom is 0.338 e. The molecule has 0 amide bonds. The Labute approximate surface area is 244 Å². The number of allylic oxidation sites excluding steroid dienone is 1. The summed E-state index contributed by atoms with van der Waals surface area (Å²) in [4.78, 5) is 32.3. The van der Waals surface area contributed by atoms with Gasteiger partial charge in [0.1, 0.15) is 11.8 Å². The number of aromatic nitrogens is 2. The first-order valence-electron chi connectivity index (χ1n) is 13.0. The SMILES string of the molecule is COC(=O)C1=C(C)N=c2s/c(=C\c3cn(Cc4ccccc4)c4ccccc34)c(=O)n2[C@H]1c1cc(Cl)ccc1OC. The van der Waals surface area contributed by atoms with E-state index >= 15 is 0 Å². The van der Waals surface area contributed by atoms with Crippen LogP contribution in [0.3, 0.4) is 0 Å². The van der Waals surface area contributed by atoms with E-state index in [1.54, 1.807) is 25.1 Å². The summed E-state index contributed by atoms with van der Waals surface area (Å²) in [6.07, 6.45) is 3.97. The molecular weight excluding hydrogens is 558 g/mol. The van der Waals surface area contributed by atoms with Gasteiger partial charge in [-0.25, -0.2) is 9.79 Å². The van der Waals surface area contributed by atoms with Gasteiger partial charge in [-0.05, 0) is 42.8 Å². The van der Waals surface area contributed by atoms with Crippen molar-refractivity contribution in [3.63, 3.8) is 0 Å². The number of fused-ring (bicyclic) bond motifs is 2. The Morgan fingerprint density at radius 1 is 1.07 bits per heavy atom. The van der Waals surface area contributed by atoms with E-state index in [4.69, 9.17) is 21.1 Å². The molecule has 41 heavy (non-hydrogen) atoms. The number of ether oxygens (including phenoxy) is 2. The number of nitrogens with zero attached hydrogens (tertiary/aromatic N) is 3. The quantitative estimate of drug-likeness (QED) is 0.262. The molecule has 3 heterocycles. The average molecular weight is 584 g/mol. The second-order valence-electron chi connectivity index (χ2n) is 9.67. The zero-order valence-corrected chi connectivity index (χ0v) is 24.2. The van der Waals surface area contributed by atoms with E-state index in [1.807, 2.05) is 36.4 Å². The Bertz CT molecular complexity index is 2020. The summed E-state index contributed by atoms with van der Waals surface area (Å²) in [5, 5.41) is 1.49. The molecule has 0 bridgehead atoms. The lowest BCUT2D eigenvalue weighted by molar-refractivity contribution is -0.136. The summed E-state index contributed by atoms with van der Waals surface area (Å²) in [5.41, 5.74) is 4.20. The molecule has 1 aliphatic heterocycles. The minimum atomic E-state index is -0.825. The number of halogens is 1. The fraction of sp³-hybridized carbons (Fsp3) is 0.156. The smallest absolute Gasteiger partial charge is 0.338 e. The first-order chi connectivity index (χ1) is 19.9. The largest absolute Gasteiger partial charge is 0.496 e. The molecule has 1 aliphatic rings. The molecular formula is C32H26ClN3O4S. The maximum atomic E-state index is 14.1. The van der Waals surface area contributed by atoms with Crippen LogP contribution in [-0.2, 0) is 16.1 Å². The lowest BCUT2D eigenvalue weighted by Crippen LogP contribution is -2.40. The van der Waals surface area contributed by atoms with Crippen LogP contribution in [-0.4, -0.2) is 29.3 Å². The predicted octanol–water partition coefficient (Wildman–Crippen LogP) is 5.07. The van der Waals surface area contributed by atoms with Crippen LogP contribution < -0.4 is 19.6 Å². The fourth-order valence-electron chi connectivity index (χ4n) is 5.35. The average Bonchev–Trinajstić information content (AvgIpc) is 3.48. The van der Waals surface area contributed by atoms with Crippen molar-refractivity contribution in [1.29, 1.82) is 0 Å². The third-order valence-corrected chi connectivity index (χ3v) is 8.43. The van der Waals surface area contributed by atoms with Gasteiger partial charge in [0.25, 0.3) is 5.56 Å². The Balaban J connectivity index is 1.56. The van der Waals surface area contributed by atoms with Gasteiger partial charge in [0.15, 0.2) is 4.80 Å². The van der Waals surface area contributed by atoms with Crippen molar-refractivity contribution >= 4 is 45.9 Å². The number of hydrogen-bond acceptors (Lipinski definition) is 6. The Hall–Kier alpha value is -4.40. The van der Waals surface area contributed by atoms with Crippen LogP contribution in [0.5, 0.6) is 5.75 Å². The molecule has 1 atom stereocenters. The van der Waals surface area contributed by atoms with E-state index in [0.29, 0.717) is 37.9 Å². The van der Waals surface area contributed by atoms with E-state index in [1.165, 1.54) is 35.7 Å². The van der Waals surface area contributed by atoms with Crippen molar-refractivity contribution in [2.45, 2.75) is 19.5 Å². The number of benzene rings is 3. The normalized spacial score (nSPS) is 15.1. The predicted molar refractivity (Wildman–Crippen MR) is 161 cm³/mol. The summed E-state index contributed by atoms with van der Waals surface area (Å²) in [6.45, 7) is 2.44. The molecule has 0 radical (unpaired) electrons. The Morgan fingerprint density at radius 2 is 1.83 bits per heavy atom. The standard InChI is InChI=1S/C32H26ClN3O4S/c1-19-28(31(38)40-3)29(24-16-22(33)13-14-26(24)39-2)36-30(37)27(41-32(36)34-19)15-21-18-35(17-20-9-5-4-6-10-20)25-12-8-7-11-23(21)25/h4-16,18,29H,17H2,1-3H3/b27-15-/t29-/m0/s1. The number of para-hydroxylation sites is 1. The van der Waals surface area contributed by atoms with Crippen molar-refractivity contribution < 1.29 is 14.3 Å². The van der Waals surface area contributed by atoms with E-state index in [0.717, 1.165) is 16.5 Å².